The molecule has 0 radical (unpaired) electrons. The Hall–Kier alpha value is -3.59. The molecule has 5 rings (SSSR count). The van der Waals surface area contributed by atoms with Crippen LogP contribution in [0.3, 0.4) is 0 Å². The van der Waals surface area contributed by atoms with Gasteiger partial charge in [-0.05, 0) is 52.7 Å². The molecule has 4 aromatic carbocycles. The van der Waals surface area contributed by atoms with Crippen molar-refractivity contribution in [3.63, 3.8) is 0 Å². The molecule has 9 heteroatoms. The van der Waals surface area contributed by atoms with Crippen LogP contribution >= 0.6 is 11.6 Å². The minimum Gasteiger partial charge on any atom is -0.495 e. The van der Waals surface area contributed by atoms with Crippen molar-refractivity contribution in [1.82, 2.24) is 4.31 Å². The van der Waals surface area contributed by atoms with E-state index in [2.05, 4.69) is 4.90 Å². The number of fused-ring (bicyclic) bond motifs is 1. The number of esters is 1. The largest absolute Gasteiger partial charge is 0.495 e. The number of nitrogens with zero attached hydrogens (tertiary/aromatic N) is 2. The van der Waals surface area contributed by atoms with Crippen molar-refractivity contribution in [2.24, 2.45) is 0 Å². The molecular weight excluding hydrogens is 524 g/mol. The zero-order chi connectivity index (χ0) is 26.7. The van der Waals surface area contributed by atoms with Crippen molar-refractivity contribution in [3.05, 3.63) is 101 Å². The Kier molecular flexibility index (Phi) is 7.56. The second-order valence-electron chi connectivity index (χ2n) is 8.95. The average molecular weight is 551 g/mol. The van der Waals surface area contributed by atoms with E-state index in [1.807, 2.05) is 60.7 Å². The fourth-order valence-corrected chi connectivity index (χ4v) is 6.44. The van der Waals surface area contributed by atoms with Crippen molar-refractivity contribution in [1.29, 1.82) is 0 Å². The minimum absolute atomic E-state index is 0.0594. The molecule has 4 aromatic rings. The third-order valence-corrected chi connectivity index (χ3v) is 8.82. The van der Waals surface area contributed by atoms with Gasteiger partial charge in [-0.2, -0.15) is 4.31 Å². The Balaban J connectivity index is 1.32. The lowest BCUT2D eigenvalue weighted by Gasteiger charge is -2.35. The first kappa shape index (κ1) is 26.0. The van der Waals surface area contributed by atoms with Gasteiger partial charge in [0.25, 0.3) is 0 Å². The van der Waals surface area contributed by atoms with Gasteiger partial charge in [0, 0.05) is 36.9 Å². The third-order valence-electron chi connectivity index (χ3n) is 6.67. The Labute approximate surface area is 227 Å². The van der Waals surface area contributed by atoms with Crippen LogP contribution in [0.25, 0.3) is 10.8 Å². The van der Waals surface area contributed by atoms with Crippen molar-refractivity contribution in [3.8, 4) is 5.75 Å². The van der Waals surface area contributed by atoms with Gasteiger partial charge in [0.15, 0.2) is 0 Å². The number of methoxy groups -OCH3 is 1. The maximum atomic E-state index is 13.6. The van der Waals surface area contributed by atoms with Crippen LogP contribution in [-0.4, -0.2) is 52.0 Å². The van der Waals surface area contributed by atoms with E-state index in [-0.39, 0.29) is 35.9 Å². The molecular formula is C29H27ClN2O5S. The van der Waals surface area contributed by atoms with E-state index >= 15 is 0 Å². The van der Waals surface area contributed by atoms with E-state index in [1.54, 1.807) is 6.07 Å². The van der Waals surface area contributed by atoms with Gasteiger partial charge in [0.1, 0.15) is 17.3 Å². The number of hydrogen-bond donors (Lipinski definition) is 0. The summed E-state index contributed by atoms with van der Waals surface area (Å²) in [4.78, 5) is 15.0. The smallest absolute Gasteiger partial charge is 0.338 e. The van der Waals surface area contributed by atoms with Crippen LogP contribution < -0.4 is 9.64 Å². The number of carbonyl (C=O) groups excluding carboxylic acids is 1. The van der Waals surface area contributed by atoms with Gasteiger partial charge in [-0.15, -0.1) is 0 Å². The fourth-order valence-electron chi connectivity index (χ4n) is 4.65. The van der Waals surface area contributed by atoms with Crippen LogP contribution in [0, 0.1) is 0 Å². The summed E-state index contributed by atoms with van der Waals surface area (Å²) in [6.45, 7) is 1.66. The predicted molar refractivity (Wildman–Crippen MR) is 148 cm³/mol. The van der Waals surface area contributed by atoms with Gasteiger partial charge in [0.05, 0.1) is 12.7 Å². The molecule has 0 bridgehead atoms. The summed E-state index contributed by atoms with van der Waals surface area (Å²) < 4.78 is 39.6. The molecule has 0 spiro atoms. The zero-order valence-corrected chi connectivity index (χ0v) is 22.4. The van der Waals surface area contributed by atoms with Crippen molar-refractivity contribution in [2.45, 2.75) is 11.5 Å². The van der Waals surface area contributed by atoms with Crippen LogP contribution in [0.2, 0.25) is 5.02 Å². The molecule has 0 N–H and O–H groups in total. The van der Waals surface area contributed by atoms with Gasteiger partial charge in [-0.1, -0.05) is 60.1 Å². The van der Waals surface area contributed by atoms with Gasteiger partial charge < -0.3 is 14.4 Å². The summed E-state index contributed by atoms with van der Waals surface area (Å²) in [6.07, 6.45) is 0. The molecule has 38 heavy (non-hydrogen) atoms. The summed E-state index contributed by atoms with van der Waals surface area (Å²) in [5.41, 5.74) is 1.96. The zero-order valence-electron chi connectivity index (χ0n) is 20.8. The normalized spacial score (nSPS) is 14.4. The molecule has 1 fully saturated rings. The number of carbonyl (C=O) groups is 1. The first-order chi connectivity index (χ1) is 18.4. The number of ether oxygens (including phenoxy) is 2. The summed E-state index contributed by atoms with van der Waals surface area (Å²) in [6, 6.07) is 25.5. The molecule has 1 heterocycles. The summed E-state index contributed by atoms with van der Waals surface area (Å²) in [5, 5.41) is 2.68. The Morgan fingerprint density at radius 3 is 2.39 bits per heavy atom. The first-order valence-electron chi connectivity index (χ1n) is 12.2. The lowest BCUT2D eigenvalue weighted by Crippen LogP contribution is -2.48. The highest BCUT2D eigenvalue weighted by Crippen LogP contribution is 2.30. The number of halogens is 1. The van der Waals surface area contributed by atoms with E-state index in [0.29, 0.717) is 18.1 Å². The molecule has 7 nitrogen and oxygen atoms in total. The molecule has 0 atom stereocenters. The van der Waals surface area contributed by atoms with Crippen molar-refractivity contribution >= 4 is 44.1 Å². The van der Waals surface area contributed by atoms with E-state index in [0.717, 1.165) is 22.0 Å². The molecule has 0 unspecified atom stereocenters. The Morgan fingerprint density at radius 1 is 0.895 bits per heavy atom. The quantitative estimate of drug-likeness (QED) is 0.288. The lowest BCUT2D eigenvalue weighted by atomic mass is 10.1. The van der Waals surface area contributed by atoms with Crippen LogP contribution in [0.1, 0.15) is 15.9 Å². The molecule has 0 amide bonds. The number of anilines is 1. The second-order valence-corrected chi connectivity index (χ2v) is 11.3. The molecule has 196 valence electrons. The molecule has 0 aliphatic carbocycles. The lowest BCUT2D eigenvalue weighted by molar-refractivity contribution is 0.0474. The van der Waals surface area contributed by atoms with E-state index < -0.39 is 16.0 Å². The molecule has 1 aliphatic rings. The van der Waals surface area contributed by atoms with Gasteiger partial charge in [-0.3, -0.25) is 0 Å². The van der Waals surface area contributed by atoms with Crippen LogP contribution in [0.4, 0.5) is 5.69 Å². The minimum atomic E-state index is -3.92. The molecule has 1 saturated heterocycles. The predicted octanol–water partition coefficient (Wildman–Crippen LogP) is 5.37. The first-order valence-corrected chi connectivity index (χ1v) is 14.0. The molecule has 0 saturated carbocycles. The van der Waals surface area contributed by atoms with Crippen molar-refractivity contribution < 1.29 is 22.7 Å². The van der Waals surface area contributed by atoms with Gasteiger partial charge >= 0.3 is 5.97 Å². The SMILES string of the molecule is COc1ccc(C(=O)OCc2cccc3ccccc23)cc1S(=O)(=O)N1CCN(c2cccc(Cl)c2)CC1. The highest BCUT2D eigenvalue weighted by molar-refractivity contribution is 7.89. The number of sulfonamides is 1. The summed E-state index contributed by atoms with van der Waals surface area (Å²) >= 11 is 6.12. The maximum Gasteiger partial charge on any atom is 0.338 e. The number of benzene rings is 4. The second kappa shape index (κ2) is 11.0. The average Bonchev–Trinajstić information content (AvgIpc) is 2.95. The summed E-state index contributed by atoms with van der Waals surface area (Å²) in [7, 11) is -2.52. The number of piperazine rings is 1. The molecule has 1 aliphatic heterocycles. The van der Waals surface area contributed by atoms with Crippen LogP contribution in [-0.2, 0) is 21.4 Å². The number of hydrogen-bond acceptors (Lipinski definition) is 6. The van der Waals surface area contributed by atoms with Crippen LogP contribution in [0.5, 0.6) is 5.75 Å². The monoisotopic (exact) mass is 550 g/mol. The van der Waals surface area contributed by atoms with E-state index in [1.165, 1.54) is 29.6 Å². The van der Waals surface area contributed by atoms with Gasteiger partial charge in [0.2, 0.25) is 10.0 Å². The van der Waals surface area contributed by atoms with E-state index in [4.69, 9.17) is 21.1 Å². The van der Waals surface area contributed by atoms with Crippen LogP contribution in [0.15, 0.2) is 89.8 Å². The van der Waals surface area contributed by atoms with Gasteiger partial charge in [-0.25, -0.2) is 13.2 Å². The van der Waals surface area contributed by atoms with E-state index in [9.17, 15) is 13.2 Å². The van der Waals surface area contributed by atoms with Crippen molar-refractivity contribution in [2.75, 3.05) is 38.2 Å². The highest BCUT2D eigenvalue weighted by atomic mass is 35.5. The fraction of sp³-hybridized carbons (Fsp3) is 0.207. The topological polar surface area (TPSA) is 76.1 Å². The highest BCUT2D eigenvalue weighted by Gasteiger charge is 2.32. The third kappa shape index (κ3) is 5.34. The Bertz CT molecular complexity index is 1580. The Morgan fingerprint density at radius 2 is 1.63 bits per heavy atom. The standard InChI is InChI=1S/C29H27ClN2O5S/c1-36-27-13-12-22(29(33)37-20-23-8-4-7-21-6-2-3-11-26(21)23)18-28(27)38(34,35)32-16-14-31(15-17-32)25-10-5-9-24(30)19-25/h2-13,18-19H,14-17,20H2,1H3. The summed E-state index contributed by atoms with van der Waals surface area (Å²) in [5.74, 6) is -0.435. The maximum absolute atomic E-state index is 13.6. The number of rotatable bonds is 7. The molecule has 0 aromatic heterocycles.